The van der Waals surface area contributed by atoms with Gasteiger partial charge in [-0.05, 0) is 37.3 Å². The molecule has 12 nitrogen and oxygen atoms in total. The summed E-state index contributed by atoms with van der Waals surface area (Å²) in [5.41, 5.74) is 0.313. The molecule has 1 unspecified atom stereocenters. The molecule has 1 saturated heterocycles. The number of halogens is 1. The zero-order valence-corrected chi connectivity index (χ0v) is 17.6. The molecule has 166 valence electrons. The number of ether oxygens (including phenoxy) is 2. The van der Waals surface area contributed by atoms with Crippen LogP contribution in [0.3, 0.4) is 0 Å². The maximum absolute atomic E-state index is 10.9. The number of fused-ring (bicyclic) bond motifs is 1. The molecule has 2 aromatic heterocycles. The van der Waals surface area contributed by atoms with Gasteiger partial charge in [-0.25, -0.2) is 4.68 Å². The minimum Gasteiger partial charge on any atom is -0.387 e. The van der Waals surface area contributed by atoms with Crippen molar-refractivity contribution in [2.75, 3.05) is 18.3 Å². The van der Waals surface area contributed by atoms with E-state index in [0.29, 0.717) is 22.8 Å². The van der Waals surface area contributed by atoms with Gasteiger partial charge in [0, 0.05) is 6.04 Å². The summed E-state index contributed by atoms with van der Waals surface area (Å²) >= 11 is 6.09. The summed E-state index contributed by atoms with van der Waals surface area (Å²) in [5, 5.41) is 28.8. The number of nitrogens with zero attached hydrogens (tertiary/aromatic N) is 4. The fourth-order valence-electron chi connectivity index (χ4n) is 3.48. The number of rotatable bonds is 8. The Kier molecular flexibility index (Phi) is 6.03. The Balaban J connectivity index is 1.55. The average molecular weight is 464 g/mol. The number of aliphatic hydroxyl groups excluding tert-OH is 2. The highest BCUT2D eigenvalue weighted by molar-refractivity contribution is 7.51. The minimum absolute atomic E-state index is 0.00990. The standard InChI is InChI=1S/C16H23ClN5O7P/c1-7(8-2-3-8)19-13-9-4-18-22(14(9)21-16(17)20-13)15-12(24)11(23)10(29-15)5-28-6-30(25,26)27/h4,7-8,10-12,15,23-24H,2-3,5-6H2,1H3,(H,19,20,21)(H2,25,26,27)/t7?,10-,11-,12-,15-/m1/s1. The number of hydrogen-bond acceptors (Lipinski definition) is 9. The van der Waals surface area contributed by atoms with Crippen LogP contribution in [0.5, 0.6) is 0 Å². The van der Waals surface area contributed by atoms with Gasteiger partial charge in [0.25, 0.3) is 0 Å². The maximum atomic E-state index is 10.9. The topological polar surface area (TPSA) is 172 Å². The second-order valence-corrected chi connectivity index (χ2v) is 9.57. The molecule has 0 aromatic carbocycles. The summed E-state index contributed by atoms with van der Waals surface area (Å²) in [6, 6.07) is 0.202. The third-order valence-electron chi connectivity index (χ3n) is 5.24. The molecular formula is C16H23ClN5O7P. The smallest absolute Gasteiger partial charge is 0.350 e. The number of nitrogens with one attached hydrogen (secondary N) is 1. The van der Waals surface area contributed by atoms with Crippen molar-refractivity contribution >= 4 is 36.0 Å². The Bertz CT molecular complexity index is 967. The second-order valence-electron chi connectivity index (χ2n) is 7.65. The Morgan fingerprint density at radius 1 is 1.37 bits per heavy atom. The van der Waals surface area contributed by atoms with Crippen LogP contribution in [0.4, 0.5) is 5.82 Å². The lowest BCUT2D eigenvalue weighted by Gasteiger charge is -2.17. The predicted octanol–water partition coefficient (Wildman–Crippen LogP) is 0.461. The van der Waals surface area contributed by atoms with Crippen LogP contribution in [0.15, 0.2) is 6.20 Å². The molecule has 1 aliphatic heterocycles. The monoisotopic (exact) mass is 463 g/mol. The molecule has 0 radical (unpaired) electrons. The maximum Gasteiger partial charge on any atom is 0.350 e. The predicted molar refractivity (Wildman–Crippen MR) is 105 cm³/mol. The SMILES string of the molecule is CC(Nc1nc(Cl)nc2c1cnn2[C@@H]1O[C@H](COCP(=O)(O)O)[C@@H](O)[C@H]1O)C1CC1. The summed E-state index contributed by atoms with van der Waals surface area (Å²) < 4.78 is 22.8. The first-order chi connectivity index (χ1) is 14.1. The van der Waals surface area contributed by atoms with Crippen molar-refractivity contribution in [1.29, 1.82) is 0 Å². The summed E-state index contributed by atoms with van der Waals surface area (Å²) in [6.07, 6.45) is -1.82. The van der Waals surface area contributed by atoms with Gasteiger partial charge in [-0.15, -0.1) is 0 Å². The van der Waals surface area contributed by atoms with E-state index in [-0.39, 0.29) is 17.9 Å². The first-order valence-electron chi connectivity index (χ1n) is 9.45. The van der Waals surface area contributed by atoms with Crippen molar-refractivity contribution in [3.8, 4) is 0 Å². The van der Waals surface area contributed by atoms with Crippen LogP contribution in [0.2, 0.25) is 5.28 Å². The molecule has 2 aromatic rings. The molecular weight excluding hydrogens is 441 g/mol. The molecule has 1 aliphatic carbocycles. The molecule has 30 heavy (non-hydrogen) atoms. The number of aromatic nitrogens is 4. The second kappa shape index (κ2) is 8.29. The summed E-state index contributed by atoms with van der Waals surface area (Å²) in [6.45, 7) is 1.74. The highest BCUT2D eigenvalue weighted by atomic mass is 35.5. The third kappa shape index (κ3) is 4.61. The molecule has 0 spiro atoms. The quantitative estimate of drug-likeness (QED) is 0.272. The zero-order chi connectivity index (χ0) is 21.6. The van der Waals surface area contributed by atoms with E-state index in [4.69, 9.17) is 30.9 Å². The van der Waals surface area contributed by atoms with Gasteiger partial charge in [-0.1, -0.05) is 0 Å². The molecule has 5 atom stereocenters. The van der Waals surface area contributed by atoms with Gasteiger partial charge in [-0.3, -0.25) is 4.57 Å². The minimum atomic E-state index is -4.36. The van der Waals surface area contributed by atoms with Crippen LogP contribution < -0.4 is 5.32 Å². The summed E-state index contributed by atoms with van der Waals surface area (Å²) in [7, 11) is -4.36. The largest absolute Gasteiger partial charge is 0.387 e. The Morgan fingerprint density at radius 2 is 2.10 bits per heavy atom. The van der Waals surface area contributed by atoms with Gasteiger partial charge in [0.2, 0.25) is 5.28 Å². The Hall–Kier alpha value is -1.37. The van der Waals surface area contributed by atoms with E-state index in [1.807, 2.05) is 0 Å². The lowest BCUT2D eigenvalue weighted by molar-refractivity contribution is -0.0658. The van der Waals surface area contributed by atoms with Crippen LogP contribution in [0.25, 0.3) is 11.0 Å². The Morgan fingerprint density at radius 3 is 2.77 bits per heavy atom. The van der Waals surface area contributed by atoms with Gasteiger partial charge in [0.05, 0.1) is 18.2 Å². The van der Waals surface area contributed by atoms with Crippen LogP contribution in [-0.2, 0) is 14.0 Å². The number of hydrogen-bond donors (Lipinski definition) is 5. The lowest BCUT2D eigenvalue weighted by Crippen LogP contribution is -2.34. The van der Waals surface area contributed by atoms with Gasteiger partial charge >= 0.3 is 7.60 Å². The molecule has 14 heteroatoms. The highest BCUT2D eigenvalue weighted by Gasteiger charge is 2.45. The number of aliphatic hydroxyl groups is 2. The van der Waals surface area contributed by atoms with E-state index in [0.717, 1.165) is 12.8 Å². The Labute approximate surface area is 176 Å². The highest BCUT2D eigenvalue weighted by Crippen LogP contribution is 2.37. The van der Waals surface area contributed by atoms with Crippen LogP contribution in [0.1, 0.15) is 26.0 Å². The lowest BCUT2D eigenvalue weighted by atomic mass is 10.1. The van der Waals surface area contributed by atoms with Crippen molar-refractivity contribution in [3.63, 3.8) is 0 Å². The normalized spacial score (nSPS) is 28.2. The van der Waals surface area contributed by atoms with E-state index in [9.17, 15) is 14.8 Å². The molecule has 5 N–H and O–H groups in total. The summed E-state index contributed by atoms with van der Waals surface area (Å²) in [5.74, 6) is 1.10. The molecule has 4 rings (SSSR count). The van der Waals surface area contributed by atoms with Crippen LogP contribution in [-0.4, -0.2) is 77.1 Å². The van der Waals surface area contributed by atoms with Crippen molar-refractivity contribution < 1.29 is 34.0 Å². The number of anilines is 1. The van der Waals surface area contributed by atoms with E-state index in [1.54, 1.807) is 0 Å². The van der Waals surface area contributed by atoms with Crippen LogP contribution >= 0.6 is 19.2 Å². The zero-order valence-electron chi connectivity index (χ0n) is 16.0. The van der Waals surface area contributed by atoms with Gasteiger partial charge in [-0.2, -0.15) is 15.1 Å². The van der Waals surface area contributed by atoms with E-state index in [2.05, 4.69) is 27.3 Å². The molecule has 3 heterocycles. The van der Waals surface area contributed by atoms with E-state index >= 15 is 0 Å². The molecule has 1 saturated carbocycles. The van der Waals surface area contributed by atoms with E-state index in [1.165, 1.54) is 10.9 Å². The third-order valence-corrected chi connectivity index (χ3v) is 5.93. The van der Waals surface area contributed by atoms with Crippen LogP contribution in [0, 0.1) is 5.92 Å². The first kappa shape index (κ1) is 21.8. The van der Waals surface area contributed by atoms with Gasteiger partial charge in [0.1, 0.15) is 30.5 Å². The van der Waals surface area contributed by atoms with Crippen molar-refractivity contribution in [2.45, 2.75) is 50.3 Å². The van der Waals surface area contributed by atoms with Crippen molar-refractivity contribution in [3.05, 3.63) is 11.5 Å². The molecule has 0 amide bonds. The van der Waals surface area contributed by atoms with Crippen molar-refractivity contribution in [1.82, 2.24) is 19.7 Å². The van der Waals surface area contributed by atoms with Gasteiger partial charge in [0.15, 0.2) is 11.9 Å². The fraction of sp³-hybridized carbons (Fsp3) is 0.688. The van der Waals surface area contributed by atoms with Gasteiger partial charge < -0.3 is 34.8 Å². The average Bonchev–Trinajstić information content (AvgIpc) is 3.37. The molecule has 2 aliphatic rings. The molecule has 0 bridgehead atoms. The summed E-state index contributed by atoms with van der Waals surface area (Å²) in [4.78, 5) is 26.2. The fourth-order valence-corrected chi connectivity index (χ4v) is 3.99. The van der Waals surface area contributed by atoms with E-state index < -0.39 is 38.5 Å². The molecule has 2 fully saturated rings. The first-order valence-corrected chi connectivity index (χ1v) is 11.6. The van der Waals surface area contributed by atoms with Crippen molar-refractivity contribution in [2.24, 2.45) is 5.92 Å².